The van der Waals surface area contributed by atoms with Gasteiger partial charge in [0.25, 0.3) is 0 Å². The van der Waals surface area contributed by atoms with Crippen molar-refractivity contribution in [2.75, 3.05) is 6.61 Å². The van der Waals surface area contributed by atoms with Gasteiger partial charge >= 0.3 is 5.97 Å². The molecule has 0 aromatic carbocycles. The molecule has 3 heteroatoms. The summed E-state index contributed by atoms with van der Waals surface area (Å²) in [6.45, 7) is 4.30. The summed E-state index contributed by atoms with van der Waals surface area (Å²) < 4.78 is 4.74. The summed E-state index contributed by atoms with van der Waals surface area (Å²) in [5.74, 6) is -0.274. The van der Waals surface area contributed by atoms with Crippen molar-refractivity contribution in [3.63, 3.8) is 0 Å². The van der Waals surface area contributed by atoms with Crippen LogP contribution in [0.4, 0.5) is 0 Å². The second kappa shape index (κ2) is 7.77. The van der Waals surface area contributed by atoms with Crippen LogP contribution in [0, 0.1) is 5.41 Å². The van der Waals surface area contributed by atoms with E-state index in [1.807, 2.05) is 0 Å². The van der Waals surface area contributed by atoms with Crippen molar-refractivity contribution in [2.45, 2.75) is 46.0 Å². The Bertz CT molecular complexity index is 166. The molecule has 0 spiro atoms. The van der Waals surface area contributed by atoms with Gasteiger partial charge in [0.15, 0.2) is 0 Å². The summed E-state index contributed by atoms with van der Waals surface area (Å²) in [4.78, 5) is 10.9. The van der Waals surface area contributed by atoms with Gasteiger partial charge in [0.05, 0.1) is 13.0 Å². The Balaban J connectivity index is 3.44. The van der Waals surface area contributed by atoms with Crippen LogP contribution in [0.5, 0.6) is 0 Å². The van der Waals surface area contributed by atoms with Crippen LogP contribution in [0.2, 0.25) is 0 Å². The van der Waals surface area contributed by atoms with E-state index in [0.717, 1.165) is 25.7 Å². The number of carbonyl (C=O) groups is 1. The van der Waals surface area contributed by atoms with Crippen LogP contribution in [0.15, 0.2) is 0 Å². The van der Waals surface area contributed by atoms with Gasteiger partial charge in [-0.3, -0.25) is 4.79 Å². The first-order valence-corrected chi connectivity index (χ1v) is 4.92. The van der Waals surface area contributed by atoms with Crippen molar-refractivity contribution >= 4 is 11.7 Å². The molecule has 0 aliphatic carbocycles. The molecule has 1 N–H and O–H groups in total. The fourth-order valence-electron chi connectivity index (χ4n) is 1.06. The molecule has 0 aromatic rings. The van der Waals surface area contributed by atoms with Crippen molar-refractivity contribution < 1.29 is 9.53 Å². The standard InChI is InChI=1S/C10H19NO2/c1-3-5-6-7-9(11)8-10(12)13-4-2/h11H,3-8H2,1-2H3. The van der Waals surface area contributed by atoms with Crippen LogP contribution in [-0.4, -0.2) is 18.3 Å². The number of carbonyl (C=O) groups excluding carboxylic acids is 1. The van der Waals surface area contributed by atoms with E-state index >= 15 is 0 Å². The molecule has 0 radical (unpaired) electrons. The molecular formula is C10H19NO2. The van der Waals surface area contributed by atoms with Gasteiger partial charge in [-0.15, -0.1) is 0 Å². The summed E-state index contributed by atoms with van der Waals surface area (Å²) in [6, 6.07) is 0. The Kier molecular flexibility index (Phi) is 7.26. The van der Waals surface area contributed by atoms with Crippen LogP contribution in [-0.2, 0) is 9.53 Å². The lowest BCUT2D eigenvalue weighted by Crippen LogP contribution is -2.10. The Morgan fingerprint density at radius 2 is 2.00 bits per heavy atom. The Labute approximate surface area is 80.0 Å². The van der Waals surface area contributed by atoms with Gasteiger partial charge in [0.1, 0.15) is 0 Å². The monoisotopic (exact) mass is 185 g/mol. The molecule has 0 atom stereocenters. The normalized spacial score (nSPS) is 9.69. The second-order valence-electron chi connectivity index (χ2n) is 3.04. The van der Waals surface area contributed by atoms with E-state index in [1.54, 1.807) is 6.92 Å². The van der Waals surface area contributed by atoms with Gasteiger partial charge in [-0.05, 0) is 19.8 Å². The topological polar surface area (TPSA) is 50.2 Å². The molecule has 0 saturated heterocycles. The number of hydrogen-bond acceptors (Lipinski definition) is 3. The maximum atomic E-state index is 10.9. The largest absolute Gasteiger partial charge is 0.466 e. The quantitative estimate of drug-likeness (QED) is 0.376. The molecule has 0 fully saturated rings. The SMILES string of the molecule is CCCCCC(=N)CC(=O)OCC. The minimum absolute atomic E-state index is 0.164. The summed E-state index contributed by atoms with van der Waals surface area (Å²) >= 11 is 0. The van der Waals surface area contributed by atoms with Crippen molar-refractivity contribution in [3.8, 4) is 0 Å². The third-order valence-electron chi connectivity index (χ3n) is 1.75. The van der Waals surface area contributed by atoms with Crippen LogP contribution in [0.25, 0.3) is 0 Å². The zero-order valence-corrected chi connectivity index (χ0v) is 8.56. The highest BCUT2D eigenvalue weighted by atomic mass is 16.5. The predicted octanol–water partition coefficient (Wildman–Crippen LogP) is 2.54. The van der Waals surface area contributed by atoms with E-state index in [1.165, 1.54) is 0 Å². The molecule has 0 heterocycles. The number of ether oxygens (including phenoxy) is 1. The molecule has 0 aromatic heterocycles. The first-order chi connectivity index (χ1) is 6.20. The molecule has 0 saturated carbocycles. The average Bonchev–Trinajstić information content (AvgIpc) is 2.05. The average molecular weight is 185 g/mol. The smallest absolute Gasteiger partial charge is 0.311 e. The minimum atomic E-state index is -0.274. The number of hydrogen-bond donors (Lipinski definition) is 1. The summed E-state index contributed by atoms with van der Waals surface area (Å²) in [7, 11) is 0. The maximum absolute atomic E-state index is 10.9. The van der Waals surface area contributed by atoms with E-state index in [0.29, 0.717) is 12.3 Å². The lowest BCUT2D eigenvalue weighted by atomic mass is 10.1. The lowest BCUT2D eigenvalue weighted by Gasteiger charge is -2.03. The molecule has 13 heavy (non-hydrogen) atoms. The second-order valence-corrected chi connectivity index (χ2v) is 3.04. The van der Waals surface area contributed by atoms with Crippen LogP contribution < -0.4 is 0 Å². The van der Waals surface area contributed by atoms with E-state index in [2.05, 4.69) is 6.92 Å². The number of esters is 1. The first kappa shape index (κ1) is 12.1. The van der Waals surface area contributed by atoms with Crippen LogP contribution >= 0.6 is 0 Å². The van der Waals surface area contributed by atoms with Crippen molar-refractivity contribution in [1.82, 2.24) is 0 Å². The molecular weight excluding hydrogens is 166 g/mol. The van der Waals surface area contributed by atoms with Gasteiger partial charge < -0.3 is 10.1 Å². The molecule has 0 rings (SSSR count). The fraction of sp³-hybridized carbons (Fsp3) is 0.800. The van der Waals surface area contributed by atoms with Gasteiger partial charge in [0, 0.05) is 5.71 Å². The van der Waals surface area contributed by atoms with E-state index in [4.69, 9.17) is 10.1 Å². The number of rotatable bonds is 7. The number of unbranched alkanes of at least 4 members (excludes halogenated alkanes) is 2. The van der Waals surface area contributed by atoms with Gasteiger partial charge in [0.2, 0.25) is 0 Å². The van der Waals surface area contributed by atoms with Crippen LogP contribution in [0.1, 0.15) is 46.0 Å². The molecule has 0 aliphatic heterocycles. The van der Waals surface area contributed by atoms with Crippen molar-refractivity contribution in [2.24, 2.45) is 0 Å². The van der Waals surface area contributed by atoms with E-state index < -0.39 is 0 Å². The third-order valence-corrected chi connectivity index (χ3v) is 1.75. The Morgan fingerprint density at radius 3 is 2.54 bits per heavy atom. The predicted molar refractivity (Wildman–Crippen MR) is 53.1 cm³/mol. The Hall–Kier alpha value is -0.860. The summed E-state index contributed by atoms with van der Waals surface area (Å²) in [5.41, 5.74) is 0.493. The molecule has 3 nitrogen and oxygen atoms in total. The molecule has 0 unspecified atom stereocenters. The molecule has 0 amide bonds. The summed E-state index contributed by atoms with van der Waals surface area (Å²) in [6.07, 6.45) is 4.18. The first-order valence-electron chi connectivity index (χ1n) is 4.92. The lowest BCUT2D eigenvalue weighted by molar-refractivity contribution is -0.141. The minimum Gasteiger partial charge on any atom is -0.466 e. The summed E-state index contributed by atoms with van der Waals surface area (Å²) in [5, 5.41) is 7.48. The zero-order chi connectivity index (χ0) is 10.1. The highest BCUT2D eigenvalue weighted by molar-refractivity contribution is 5.97. The molecule has 0 bridgehead atoms. The molecule has 76 valence electrons. The van der Waals surface area contributed by atoms with Gasteiger partial charge in [-0.1, -0.05) is 19.8 Å². The Morgan fingerprint density at radius 1 is 1.31 bits per heavy atom. The van der Waals surface area contributed by atoms with Crippen molar-refractivity contribution in [1.29, 1.82) is 5.41 Å². The highest BCUT2D eigenvalue weighted by Crippen LogP contribution is 2.02. The zero-order valence-electron chi connectivity index (χ0n) is 8.56. The van der Waals surface area contributed by atoms with E-state index in [9.17, 15) is 4.79 Å². The third kappa shape index (κ3) is 7.50. The maximum Gasteiger partial charge on any atom is 0.311 e. The van der Waals surface area contributed by atoms with E-state index in [-0.39, 0.29) is 12.4 Å². The van der Waals surface area contributed by atoms with Gasteiger partial charge in [-0.25, -0.2) is 0 Å². The van der Waals surface area contributed by atoms with Crippen LogP contribution in [0.3, 0.4) is 0 Å². The van der Waals surface area contributed by atoms with Crippen molar-refractivity contribution in [3.05, 3.63) is 0 Å². The molecule has 0 aliphatic rings. The highest BCUT2D eigenvalue weighted by Gasteiger charge is 2.05. The van der Waals surface area contributed by atoms with Gasteiger partial charge in [-0.2, -0.15) is 0 Å². The fourth-order valence-corrected chi connectivity index (χ4v) is 1.06. The number of nitrogens with one attached hydrogen (secondary N) is 1.